The number of nitrogens with zero attached hydrogens (tertiary/aromatic N) is 4. The van der Waals surface area contributed by atoms with Crippen LogP contribution in [0.15, 0.2) is 24.3 Å². The number of amides is 1. The highest BCUT2D eigenvalue weighted by atomic mass is 32.2. The van der Waals surface area contributed by atoms with Crippen molar-refractivity contribution in [2.75, 3.05) is 49.9 Å². The van der Waals surface area contributed by atoms with E-state index in [4.69, 9.17) is 0 Å². The minimum absolute atomic E-state index is 0.0639. The third-order valence-electron chi connectivity index (χ3n) is 5.58. The van der Waals surface area contributed by atoms with Crippen LogP contribution in [0, 0.1) is 16.0 Å². The van der Waals surface area contributed by atoms with E-state index in [1.54, 1.807) is 19.1 Å². The number of benzene rings is 1. The zero-order chi connectivity index (χ0) is 20.3. The average molecular weight is 410 g/mol. The van der Waals surface area contributed by atoms with Crippen LogP contribution in [0.3, 0.4) is 0 Å². The van der Waals surface area contributed by atoms with E-state index in [-0.39, 0.29) is 23.3 Å². The molecule has 3 rings (SSSR count). The number of non-ortho nitro benzene ring substituents is 1. The molecule has 1 amide bonds. The maximum Gasteiger partial charge on any atom is 0.269 e. The number of carbonyl (C=O) groups is 1. The van der Waals surface area contributed by atoms with Crippen LogP contribution >= 0.6 is 0 Å². The first-order chi connectivity index (χ1) is 13.3. The van der Waals surface area contributed by atoms with Crippen molar-refractivity contribution >= 4 is 27.3 Å². The minimum Gasteiger partial charge on any atom is -0.368 e. The van der Waals surface area contributed by atoms with Crippen molar-refractivity contribution in [3.63, 3.8) is 0 Å². The summed E-state index contributed by atoms with van der Waals surface area (Å²) in [5, 5.41) is 10.8. The molecule has 0 saturated carbocycles. The monoisotopic (exact) mass is 410 g/mol. The van der Waals surface area contributed by atoms with Crippen molar-refractivity contribution in [3.8, 4) is 0 Å². The zero-order valence-corrected chi connectivity index (χ0v) is 16.8. The van der Waals surface area contributed by atoms with Gasteiger partial charge in [0.15, 0.2) is 0 Å². The quantitative estimate of drug-likeness (QED) is 0.535. The fraction of sp³-hybridized carbons (Fsp3) is 0.611. The van der Waals surface area contributed by atoms with Gasteiger partial charge < -0.3 is 9.80 Å². The van der Waals surface area contributed by atoms with Gasteiger partial charge in [-0.3, -0.25) is 14.9 Å². The van der Waals surface area contributed by atoms with E-state index >= 15 is 0 Å². The number of hydrogen-bond acceptors (Lipinski definition) is 6. The zero-order valence-electron chi connectivity index (χ0n) is 16.0. The Kier molecular flexibility index (Phi) is 6.19. The highest BCUT2D eigenvalue weighted by Gasteiger charge is 2.33. The molecule has 2 aliphatic rings. The molecule has 2 aliphatic heterocycles. The van der Waals surface area contributed by atoms with Crippen molar-refractivity contribution in [2.45, 2.75) is 19.8 Å². The second-order valence-corrected chi connectivity index (χ2v) is 9.42. The van der Waals surface area contributed by atoms with Crippen LogP contribution < -0.4 is 4.90 Å². The first-order valence-electron chi connectivity index (χ1n) is 9.58. The maximum absolute atomic E-state index is 12.8. The molecule has 0 bridgehead atoms. The Balaban J connectivity index is 1.51. The molecule has 28 heavy (non-hydrogen) atoms. The summed E-state index contributed by atoms with van der Waals surface area (Å²) in [7, 11) is -3.18. The summed E-state index contributed by atoms with van der Waals surface area (Å²) < 4.78 is 25.4. The topological polar surface area (TPSA) is 104 Å². The van der Waals surface area contributed by atoms with Crippen LogP contribution in [-0.2, 0) is 14.8 Å². The summed E-state index contributed by atoms with van der Waals surface area (Å²) in [6.07, 6.45) is 1.14. The van der Waals surface area contributed by atoms with Crippen molar-refractivity contribution in [1.29, 1.82) is 0 Å². The molecule has 0 aromatic heterocycles. The lowest BCUT2D eigenvalue weighted by Crippen LogP contribution is -2.52. The van der Waals surface area contributed by atoms with Crippen molar-refractivity contribution in [3.05, 3.63) is 34.4 Å². The second kappa shape index (κ2) is 8.44. The third-order valence-corrected chi connectivity index (χ3v) is 7.46. The van der Waals surface area contributed by atoms with E-state index in [0.29, 0.717) is 52.1 Å². The van der Waals surface area contributed by atoms with E-state index in [2.05, 4.69) is 4.90 Å². The third kappa shape index (κ3) is 4.44. The molecule has 2 saturated heterocycles. The van der Waals surface area contributed by atoms with Gasteiger partial charge in [-0.1, -0.05) is 0 Å². The molecule has 0 unspecified atom stereocenters. The van der Waals surface area contributed by atoms with E-state index in [9.17, 15) is 23.3 Å². The summed E-state index contributed by atoms with van der Waals surface area (Å²) in [5.41, 5.74) is 0.977. The lowest BCUT2D eigenvalue weighted by molar-refractivity contribution is -0.384. The number of carbonyl (C=O) groups excluding carboxylic acids is 1. The van der Waals surface area contributed by atoms with Gasteiger partial charge in [0.2, 0.25) is 15.9 Å². The van der Waals surface area contributed by atoms with Crippen molar-refractivity contribution < 1.29 is 18.1 Å². The Morgan fingerprint density at radius 1 is 1.07 bits per heavy atom. The van der Waals surface area contributed by atoms with Gasteiger partial charge in [0.1, 0.15) is 0 Å². The smallest absolute Gasteiger partial charge is 0.269 e. The van der Waals surface area contributed by atoms with E-state index < -0.39 is 14.9 Å². The summed E-state index contributed by atoms with van der Waals surface area (Å²) in [5.74, 6) is 0.0853. The highest BCUT2D eigenvalue weighted by Crippen LogP contribution is 2.24. The van der Waals surface area contributed by atoms with Gasteiger partial charge in [0.05, 0.1) is 10.7 Å². The molecule has 0 spiro atoms. The molecule has 0 aliphatic carbocycles. The molecule has 0 N–H and O–H groups in total. The van der Waals surface area contributed by atoms with Crippen LogP contribution in [0.4, 0.5) is 11.4 Å². The summed E-state index contributed by atoms with van der Waals surface area (Å²) in [4.78, 5) is 27.1. The lowest BCUT2D eigenvalue weighted by Gasteiger charge is -2.39. The molecule has 0 atom stereocenters. The first-order valence-corrected chi connectivity index (χ1v) is 11.2. The second-order valence-electron chi connectivity index (χ2n) is 7.16. The molecule has 10 heteroatoms. The highest BCUT2D eigenvalue weighted by molar-refractivity contribution is 7.89. The van der Waals surface area contributed by atoms with Gasteiger partial charge in [-0.2, -0.15) is 0 Å². The Morgan fingerprint density at radius 3 is 2.14 bits per heavy atom. The summed E-state index contributed by atoms with van der Waals surface area (Å²) in [6.45, 7) is 5.01. The first kappa shape index (κ1) is 20.5. The minimum atomic E-state index is -3.18. The number of rotatable bonds is 5. The molecular weight excluding hydrogens is 384 g/mol. The number of nitro benzene ring substituents is 1. The largest absolute Gasteiger partial charge is 0.368 e. The molecule has 1 aromatic carbocycles. The van der Waals surface area contributed by atoms with Gasteiger partial charge in [0, 0.05) is 63.0 Å². The van der Waals surface area contributed by atoms with Gasteiger partial charge in [0.25, 0.3) is 5.69 Å². The van der Waals surface area contributed by atoms with E-state index in [0.717, 1.165) is 5.69 Å². The van der Waals surface area contributed by atoms with Crippen LogP contribution in [-0.4, -0.2) is 73.5 Å². The van der Waals surface area contributed by atoms with Crippen LogP contribution in [0.1, 0.15) is 19.8 Å². The molecule has 1 aromatic rings. The Bertz CT molecular complexity index is 811. The standard InChI is InChI=1S/C18H26N4O5S/c1-2-28(26,27)21-9-7-15(8-10-21)18(23)20-13-11-19(12-14-20)16-3-5-17(6-4-16)22(24)25/h3-6,15H,2,7-14H2,1H3. The number of hydrogen-bond donors (Lipinski definition) is 0. The summed E-state index contributed by atoms with van der Waals surface area (Å²) >= 11 is 0. The average Bonchev–Trinajstić information content (AvgIpc) is 2.73. The molecule has 2 heterocycles. The Morgan fingerprint density at radius 2 is 1.64 bits per heavy atom. The molecule has 154 valence electrons. The van der Waals surface area contributed by atoms with Gasteiger partial charge in [-0.15, -0.1) is 0 Å². The molecule has 9 nitrogen and oxygen atoms in total. The van der Waals surface area contributed by atoms with Crippen molar-refractivity contribution in [2.24, 2.45) is 5.92 Å². The molecule has 0 radical (unpaired) electrons. The van der Waals surface area contributed by atoms with Gasteiger partial charge in [-0.25, -0.2) is 12.7 Å². The molecular formula is C18H26N4O5S. The fourth-order valence-electron chi connectivity index (χ4n) is 3.79. The number of piperazine rings is 1. The Labute approximate surface area is 165 Å². The van der Waals surface area contributed by atoms with Gasteiger partial charge >= 0.3 is 0 Å². The van der Waals surface area contributed by atoms with Crippen LogP contribution in [0.5, 0.6) is 0 Å². The number of anilines is 1. The number of sulfonamides is 1. The summed E-state index contributed by atoms with van der Waals surface area (Å²) in [6, 6.07) is 6.45. The number of nitro groups is 1. The predicted molar refractivity (Wildman–Crippen MR) is 106 cm³/mol. The van der Waals surface area contributed by atoms with Crippen LogP contribution in [0.2, 0.25) is 0 Å². The van der Waals surface area contributed by atoms with Crippen molar-refractivity contribution in [1.82, 2.24) is 9.21 Å². The normalized spacial score (nSPS) is 19.6. The Hall–Kier alpha value is -2.20. The maximum atomic E-state index is 12.8. The van der Waals surface area contributed by atoms with Gasteiger partial charge in [-0.05, 0) is 31.9 Å². The lowest BCUT2D eigenvalue weighted by atomic mass is 9.96. The SMILES string of the molecule is CCS(=O)(=O)N1CCC(C(=O)N2CCN(c3ccc([N+](=O)[O-])cc3)CC2)CC1. The predicted octanol–water partition coefficient (Wildman–Crippen LogP) is 1.31. The molecule has 2 fully saturated rings. The van der Waals surface area contributed by atoms with E-state index in [1.165, 1.54) is 16.4 Å². The fourth-order valence-corrected chi connectivity index (χ4v) is 4.92. The van der Waals surface area contributed by atoms with E-state index in [1.807, 2.05) is 4.90 Å². The van der Waals surface area contributed by atoms with Crippen LogP contribution in [0.25, 0.3) is 0 Å². The number of piperidine rings is 1.